The zero-order valence-corrected chi connectivity index (χ0v) is 37.4. The summed E-state index contributed by atoms with van der Waals surface area (Å²) in [5.41, 5.74) is 20.1. The molecule has 0 unspecified atom stereocenters. The molecule has 1 aromatic heterocycles. The minimum Gasteiger partial charge on any atom is -0.456 e. The lowest BCUT2D eigenvalue weighted by Crippen LogP contribution is -2.15. The van der Waals surface area contributed by atoms with E-state index >= 15 is 0 Å². The fourth-order valence-corrected chi connectivity index (χ4v) is 10.6. The van der Waals surface area contributed by atoms with Crippen molar-refractivity contribution in [2.24, 2.45) is 0 Å². The molecule has 1 heterocycles. The molecule has 0 spiro atoms. The number of furan rings is 1. The topological polar surface area (TPSA) is 16.4 Å². The summed E-state index contributed by atoms with van der Waals surface area (Å²) in [6.07, 6.45) is 0. The van der Waals surface area contributed by atoms with Gasteiger partial charge in [-0.1, -0.05) is 172 Å². The van der Waals surface area contributed by atoms with Gasteiger partial charge in [0.25, 0.3) is 0 Å². The normalized spacial score (nSPS) is 12.7. The monoisotopic (exact) mass is 855 g/mol. The molecule has 0 atom stereocenters. The molecular formula is C65H45NO. The van der Waals surface area contributed by atoms with Gasteiger partial charge in [-0.15, -0.1) is 0 Å². The number of rotatable bonds is 7. The van der Waals surface area contributed by atoms with Crippen LogP contribution in [0.3, 0.4) is 0 Å². The van der Waals surface area contributed by atoms with Gasteiger partial charge < -0.3 is 9.32 Å². The molecule has 2 heteroatoms. The van der Waals surface area contributed by atoms with E-state index < -0.39 is 0 Å². The van der Waals surface area contributed by atoms with E-state index in [2.05, 4.69) is 243 Å². The molecular weight excluding hydrogens is 811 g/mol. The van der Waals surface area contributed by atoms with E-state index in [1.165, 1.54) is 88.3 Å². The maximum Gasteiger partial charge on any atom is 0.135 e. The van der Waals surface area contributed by atoms with Crippen LogP contribution in [-0.2, 0) is 5.41 Å². The van der Waals surface area contributed by atoms with Crippen molar-refractivity contribution in [1.29, 1.82) is 0 Å². The first-order valence-electron chi connectivity index (χ1n) is 23.2. The minimum absolute atomic E-state index is 0.122. The first-order valence-corrected chi connectivity index (χ1v) is 23.2. The van der Waals surface area contributed by atoms with Crippen LogP contribution < -0.4 is 4.90 Å². The molecule has 0 bridgehead atoms. The van der Waals surface area contributed by atoms with Gasteiger partial charge in [-0.25, -0.2) is 0 Å². The highest BCUT2D eigenvalue weighted by atomic mass is 16.3. The van der Waals surface area contributed by atoms with E-state index in [1.807, 2.05) is 12.1 Å². The molecule has 0 saturated carbocycles. The predicted octanol–water partition coefficient (Wildman–Crippen LogP) is 18.3. The van der Waals surface area contributed by atoms with E-state index in [1.54, 1.807) is 0 Å². The summed E-state index contributed by atoms with van der Waals surface area (Å²) in [6, 6.07) is 86.6. The average Bonchev–Trinajstić information content (AvgIpc) is 3.87. The molecule has 1 aliphatic carbocycles. The smallest absolute Gasteiger partial charge is 0.135 e. The molecule has 0 radical (unpaired) electrons. The average molecular weight is 856 g/mol. The van der Waals surface area contributed by atoms with Crippen LogP contribution in [0.1, 0.15) is 25.0 Å². The molecule has 0 amide bonds. The van der Waals surface area contributed by atoms with Crippen molar-refractivity contribution in [2.75, 3.05) is 4.90 Å². The van der Waals surface area contributed by atoms with Crippen molar-refractivity contribution in [3.8, 4) is 55.6 Å². The van der Waals surface area contributed by atoms with Crippen LogP contribution in [-0.4, -0.2) is 0 Å². The summed E-state index contributed by atoms with van der Waals surface area (Å²) < 4.78 is 6.10. The predicted molar refractivity (Wildman–Crippen MR) is 283 cm³/mol. The van der Waals surface area contributed by atoms with Crippen LogP contribution >= 0.6 is 0 Å². The van der Waals surface area contributed by atoms with Crippen molar-refractivity contribution in [3.63, 3.8) is 0 Å². The van der Waals surface area contributed by atoms with Crippen LogP contribution in [0.5, 0.6) is 0 Å². The number of anilines is 3. The third-order valence-corrected chi connectivity index (χ3v) is 14.2. The minimum atomic E-state index is -0.122. The van der Waals surface area contributed by atoms with E-state index in [0.717, 1.165) is 39.0 Å². The molecule has 0 N–H and O–H groups in total. The zero-order chi connectivity index (χ0) is 44.6. The van der Waals surface area contributed by atoms with Gasteiger partial charge in [-0.05, 0) is 167 Å². The maximum absolute atomic E-state index is 6.10. The lowest BCUT2D eigenvalue weighted by atomic mass is 9.81. The third kappa shape index (κ3) is 6.64. The number of fused-ring (bicyclic) bond motifs is 8. The van der Waals surface area contributed by atoms with Gasteiger partial charge >= 0.3 is 0 Å². The van der Waals surface area contributed by atoms with Crippen molar-refractivity contribution in [2.45, 2.75) is 19.3 Å². The van der Waals surface area contributed by atoms with Gasteiger partial charge in [-0.2, -0.15) is 0 Å². The molecule has 11 aromatic carbocycles. The van der Waals surface area contributed by atoms with Crippen LogP contribution in [0.4, 0.5) is 17.1 Å². The quantitative estimate of drug-likeness (QED) is 0.149. The zero-order valence-electron chi connectivity index (χ0n) is 37.4. The summed E-state index contributed by atoms with van der Waals surface area (Å²) in [5.74, 6) is 0. The van der Waals surface area contributed by atoms with E-state index in [9.17, 15) is 0 Å². The Morgan fingerprint density at radius 1 is 0.299 bits per heavy atom. The van der Waals surface area contributed by atoms with Crippen LogP contribution in [0, 0.1) is 0 Å². The fourth-order valence-electron chi connectivity index (χ4n) is 10.6. The highest BCUT2D eigenvalue weighted by molar-refractivity contribution is 6.06. The van der Waals surface area contributed by atoms with Gasteiger partial charge in [-0.3, -0.25) is 0 Å². The Hall–Kier alpha value is -8.46. The highest BCUT2D eigenvalue weighted by Gasteiger charge is 2.36. The maximum atomic E-state index is 6.10. The molecule has 67 heavy (non-hydrogen) atoms. The van der Waals surface area contributed by atoms with Crippen molar-refractivity contribution in [3.05, 3.63) is 248 Å². The number of hydrogen-bond acceptors (Lipinski definition) is 2. The first-order chi connectivity index (χ1) is 32.9. The Balaban J connectivity index is 0.832. The van der Waals surface area contributed by atoms with Crippen molar-refractivity contribution < 1.29 is 4.42 Å². The van der Waals surface area contributed by atoms with Crippen molar-refractivity contribution >= 4 is 60.5 Å². The molecule has 0 fully saturated rings. The molecule has 13 rings (SSSR count). The van der Waals surface area contributed by atoms with E-state index in [0.29, 0.717) is 0 Å². The highest BCUT2D eigenvalue weighted by Crippen LogP contribution is 2.51. The fraction of sp³-hybridized carbons (Fsp3) is 0.0462. The SMILES string of the molecule is CC1(C)c2cc(-c3ccccc3)ccc2-c2ccc(-c3ccc(N(c4ccc(-c5ccc(-c6ccc7oc8ccccc8c7c6)cc5)cc4)c4ccc5cc6ccccc6cc5c4)cc3)cc21. The summed E-state index contributed by atoms with van der Waals surface area (Å²) in [5, 5.41) is 7.22. The second-order valence-corrected chi connectivity index (χ2v) is 18.6. The lowest BCUT2D eigenvalue weighted by Gasteiger charge is -2.26. The third-order valence-electron chi connectivity index (χ3n) is 14.2. The number of nitrogens with zero attached hydrogens (tertiary/aromatic N) is 1. The van der Waals surface area contributed by atoms with E-state index in [-0.39, 0.29) is 5.41 Å². The lowest BCUT2D eigenvalue weighted by molar-refractivity contribution is 0.661. The number of hydrogen-bond donors (Lipinski definition) is 0. The molecule has 1 aliphatic rings. The van der Waals surface area contributed by atoms with Gasteiger partial charge in [0, 0.05) is 33.2 Å². The van der Waals surface area contributed by atoms with Crippen LogP contribution in [0.25, 0.3) is 99.1 Å². The molecule has 0 saturated heterocycles. The van der Waals surface area contributed by atoms with Crippen LogP contribution in [0.2, 0.25) is 0 Å². The van der Waals surface area contributed by atoms with E-state index in [4.69, 9.17) is 4.42 Å². The Labute approximate surface area is 390 Å². The number of benzene rings is 11. The molecule has 12 aromatic rings. The molecule has 316 valence electrons. The molecule has 0 aliphatic heterocycles. The Morgan fingerprint density at radius 3 is 1.36 bits per heavy atom. The second-order valence-electron chi connectivity index (χ2n) is 18.6. The number of para-hydroxylation sites is 1. The molecule has 2 nitrogen and oxygen atoms in total. The first kappa shape index (κ1) is 39.0. The summed E-state index contributed by atoms with van der Waals surface area (Å²) in [4.78, 5) is 2.38. The largest absolute Gasteiger partial charge is 0.456 e. The Morgan fingerprint density at radius 2 is 0.731 bits per heavy atom. The van der Waals surface area contributed by atoms with Gasteiger partial charge in [0.1, 0.15) is 11.2 Å². The van der Waals surface area contributed by atoms with Crippen molar-refractivity contribution in [1.82, 2.24) is 0 Å². The Bertz CT molecular complexity index is 3860. The van der Waals surface area contributed by atoms with Gasteiger partial charge in [0.2, 0.25) is 0 Å². The second kappa shape index (κ2) is 15.3. The standard InChI is InChI=1S/C65H45NO/c1-65(2)61-40-51(42-10-4-3-5-11-42)25-33-57(61)58-34-26-52(41-62(58)65)46-22-30-55(31-23-46)66(56-32-24-49-36-47-12-6-7-13-48(47)37-53(49)38-56)54-28-20-44(21-29-54)43-16-18-45(19-17-43)50-27-35-64-60(39-50)59-14-8-9-15-63(59)67-64/h3-41H,1-2H3. The van der Waals surface area contributed by atoms with Crippen LogP contribution in [0.15, 0.2) is 241 Å². The summed E-state index contributed by atoms with van der Waals surface area (Å²) in [7, 11) is 0. The summed E-state index contributed by atoms with van der Waals surface area (Å²) in [6.45, 7) is 4.74. The van der Waals surface area contributed by atoms with Gasteiger partial charge in [0.15, 0.2) is 0 Å². The van der Waals surface area contributed by atoms with Gasteiger partial charge in [0.05, 0.1) is 0 Å². The summed E-state index contributed by atoms with van der Waals surface area (Å²) >= 11 is 0. The Kier molecular flexibility index (Phi) is 8.91.